The number of carbonyl (C=O) groups is 1. The van der Waals surface area contributed by atoms with Gasteiger partial charge >= 0.3 is 5.97 Å². The maximum atomic E-state index is 11.9. The lowest BCUT2D eigenvalue weighted by atomic mass is 9.97. The van der Waals surface area contributed by atoms with Crippen LogP contribution in [0.25, 0.3) is 0 Å². The second-order valence-corrected chi connectivity index (χ2v) is 7.74. The van der Waals surface area contributed by atoms with Gasteiger partial charge in [0.1, 0.15) is 61.5 Å². The summed E-state index contributed by atoms with van der Waals surface area (Å²) < 4.78 is 20.7. The second kappa shape index (κ2) is 10.6. The van der Waals surface area contributed by atoms with E-state index in [4.69, 9.17) is 24.7 Å². The Bertz CT molecular complexity index is 563. The quantitative estimate of drug-likeness (QED) is 0.174. The summed E-state index contributed by atoms with van der Waals surface area (Å²) in [4.78, 5) is 11.9. The third kappa shape index (κ3) is 5.44. The first-order valence-corrected chi connectivity index (χ1v) is 9.57. The fourth-order valence-electron chi connectivity index (χ4n) is 3.09. The van der Waals surface area contributed by atoms with Crippen LogP contribution in [0.5, 0.6) is 0 Å². The lowest BCUT2D eigenvalue weighted by molar-refractivity contribution is -0.355. The maximum absolute atomic E-state index is 11.9. The van der Waals surface area contributed by atoms with Crippen LogP contribution in [0.15, 0.2) is 0 Å². The molecule has 11 atom stereocenters. The number of aliphatic hydroxyl groups is 7. The molecule has 0 aromatic carbocycles. The van der Waals surface area contributed by atoms with Gasteiger partial charge in [0.2, 0.25) is 0 Å². The summed E-state index contributed by atoms with van der Waals surface area (Å²) in [6.07, 6.45) is -16.2. The zero-order valence-corrected chi connectivity index (χ0v) is 16.6. The van der Waals surface area contributed by atoms with Crippen LogP contribution in [0.1, 0.15) is 13.8 Å². The number of esters is 1. The first-order chi connectivity index (χ1) is 14.0. The minimum Gasteiger partial charge on any atom is -0.462 e. The van der Waals surface area contributed by atoms with Gasteiger partial charge in [0.25, 0.3) is 0 Å². The Morgan fingerprint density at radius 2 is 1.57 bits per heavy atom. The van der Waals surface area contributed by atoms with Gasteiger partial charge < -0.3 is 60.4 Å². The number of rotatable bonds is 7. The molecule has 2 aliphatic rings. The Morgan fingerprint density at radius 3 is 2.13 bits per heavy atom. The Labute approximate surface area is 172 Å². The standard InChI is InChI=1S/C17H31NO12/c1-5(2)8(18)15(25)27-4-7-9(20)10(21)13(24)17(29-7)30-14-6(3-19)28-16(26)12(23)11(14)22/h5-14,16-17,19-24,26H,3-4,18H2,1-2H3/t6-,7-,8+,9-,10+,11-,12-,13-,14-,16?,17-/m1/s1. The zero-order valence-electron chi connectivity index (χ0n) is 16.6. The van der Waals surface area contributed by atoms with Gasteiger partial charge in [-0.3, -0.25) is 4.79 Å². The SMILES string of the molecule is CC(C)[C@H](N)C(=O)OC[C@H]1O[C@H](O[C@H]2[C@H](O)[C@@H](O)C(O)O[C@@H]2CO)[C@H](O)[C@@H](O)[C@@H]1O. The molecule has 2 saturated heterocycles. The number of ether oxygens (including phenoxy) is 4. The summed E-state index contributed by atoms with van der Waals surface area (Å²) in [5.41, 5.74) is 5.68. The molecule has 9 N–H and O–H groups in total. The van der Waals surface area contributed by atoms with Gasteiger partial charge in [0.15, 0.2) is 12.6 Å². The minimum absolute atomic E-state index is 0.205. The Kier molecular flexibility index (Phi) is 8.91. The molecule has 0 amide bonds. The van der Waals surface area contributed by atoms with Crippen molar-refractivity contribution in [2.24, 2.45) is 11.7 Å². The minimum atomic E-state index is -1.79. The van der Waals surface area contributed by atoms with E-state index in [1.165, 1.54) is 0 Å². The van der Waals surface area contributed by atoms with Crippen LogP contribution < -0.4 is 5.73 Å². The van der Waals surface area contributed by atoms with Crippen molar-refractivity contribution in [3.63, 3.8) is 0 Å². The number of carbonyl (C=O) groups excluding carboxylic acids is 1. The molecule has 1 unspecified atom stereocenters. The van der Waals surface area contributed by atoms with Gasteiger partial charge in [-0.1, -0.05) is 13.8 Å². The highest BCUT2D eigenvalue weighted by Gasteiger charge is 2.50. The van der Waals surface area contributed by atoms with Gasteiger partial charge in [-0.05, 0) is 5.92 Å². The van der Waals surface area contributed by atoms with Crippen LogP contribution in [0, 0.1) is 5.92 Å². The summed E-state index contributed by atoms with van der Waals surface area (Å²) in [5.74, 6) is -0.962. The van der Waals surface area contributed by atoms with E-state index in [-0.39, 0.29) is 5.92 Å². The summed E-state index contributed by atoms with van der Waals surface area (Å²) >= 11 is 0. The average molecular weight is 441 g/mol. The Morgan fingerprint density at radius 1 is 0.933 bits per heavy atom. The molecule has 0 aromatic rings. The van der Waals surface area contributed by atoms with E-state index < -0.39 is 86.6 Å². The predicted octanol–water partition coefficient (Wildman–Crippen LogP) is -4.86. The van der Waals surface area contributed by atoms with Crippen molar-refractivity contribution in [3.05, 3.63) is 0 Å². The monoisotopic (exact) mass is 441 g/mol. The zero-order chi connectivity index (χ0) is 22.7. The van der Waals surface area contributed by atoms with Crippen molar-refractivity contribution in [2.75, 3.05) is 13.2 Å². The molecule has 2 aliphatic heterocycles. The molecule has 2 fully saturated rings. The van der Waals surface area contributed by atoms with Crippen molar-refractivity contribution in [1.82, 2.24) is 0 Å². The maximum Gasteiger partial charge on any atom is 0.323 e. The van der Waals surface area contributed by atoms with Crippen LogP contribution >= 0.6 is 0 Å². The molecule has 0 aromatic heterocycles. The molecule has 176 valence electrons. The van der Waals surface area contributed by atoms with Gasteiger partial charge in [0, 0.05) is 0 Å². The number of nitrogens with two attached hydrogens (primary N) is 1. The lowest BCUT2D eigenvalue weighted by Gasteiger charge is -2.45. The van der Waals surface area contributed by atoms with Crippen molar-refractivity contribution in [2.45, 2.75) is 81.3 Å². The van der Waals surface area contributed by atoms with Crippen LogP contribution in [-0.4, -0.2) is 122 Å². The molecular formula is C17H31NO12. The van der Waals surface area contributed by atoms with E-state index >= 15 is 0 Å². The van der Waals surface area contributed by atoms with E-state index in [1.54, 1.807) is 13.8 Å². The highest BCUT2D eigenvalue weighted by molar-refractivity contribution is 5.75. The van der Waals surface area contributed by atoms with E-state index in [0.29, 0.717) is 0 Å². The van der Waals surface area contributed by atoms with Crippen molar-refractivity contribution >= 4 is 5.97 Å². The van der Waals surface area contributed by atoms with E-state index in [2.05, 4.69) is 0 Å². The highest BCUT2D eigenvalue weighted by atomic mass is 16.7. The van der Waals surface area contributed by atoms with Crippen molar-refractivity contribution in [3.8, 4) is 0 Å². The molecule has 13 heteroatoms. The van der Waals surface area contributed by atoms with Gasteiger partial charge in [-0.15, -0.1) is 0 Å². The molecule has 2 rings (SSSR count). The molecule has 13 nitrogen and oxygen atoms in total. The Balaban J connectivity index is 2.07. The van der Waals surface area contributed by atoms with E-state index in [0.717, 1.165) is 0 Å². The summed E-state index contributed by atoms with van der Waals surface area (Å²) in [5, 5.41) is 69.2. The summed E-state index contributed by atoms with van der Waals surface area (Å²) in [6.45, 7) is 2.19. The van der Waals surface area contributed by atoms with E-state index in [9.17, 15) is 40.5 Å². The lowest BCUT2D eigenvalue weighted by Crippen LogP contribution is -2.64. The highest BCUT2D eigenvalue weighted by Crippen LogP contribution is 2.28. The normalized spacial score (nSPS) is 43.4. The number of hydrogen-bond donors (Lipinski definition) is 8. The fraction of sp³-hybridized carbons (Fsp3) is 0.941. The smallest absolute Gasteiger partial charge is 0.323 e. The topological polar surface area (TPSA) is 222 Å². The van der Waals surface area contributed by atoms with Crippen molar-refractivity contribution in [1.29, 1.82) is 0 Å². The number of hydrogen-bond acceptors (Lipinski definition) is 13. The largest absolute Gasteiger partial charge is 0.462 e. The second-order valence-electron chi connectivity index (χ2n) is 7.74. The van der Waals surface area contributed by atoms with Crippen LogP contribution in [0.4, 0.5) is 0 Å². The molecule has 30 heavy (non-hydrogen) atoms. The number of aliphatic hydroxyl groups excluding tert-OH is 7. The predicted molar refractivity (Wildman–Crippen MR) is 95.3 cm³/mol. The van der Waals surface area contributed by atoms with Gasteiger partial charge in [0.05, 0.1) is 6.61 Å². The molecule has 0 aliphatic carbocycles. The first-order valence-electron chi connectivity index (χ1n) is 9.57. The molecule has 2 heterocycles. The average Bonchev–Trinajstić information content (AvgIpc) is 2.71. The summed E-state index contributed by atoms with van der Waals surface area (Å²) in [7, 11) is 0. The van der Waals surface area contributed by atoms with Crippen molar-refractivity contribution < 1.29 is 59.5 Å². The molecule has 0 saturated carbocycles. The Hall–Kier alpha value is -0.970. The third-order valence-electron chi connectivity index (χ3n) is 5.18. The molecular weight excluding hydrogens is 410 g/mol. The fourth-order valence-corrected chi connectivity index (χ4v) is 3.09. The van der Waals surface area contributed by atoms with E-state index in [1.807, 2.05) is 0 Å². The van der Waals surface area contributed by atoms with Gasteiger partial charge in [-0.25, -0.2) is 0 Å². The molecule has 0 spiro atoms. The third-order valence-corrected chi connectivity index (χ3v) is 5.18. The molecule has 0 bridgehead atoms. The van der Waals surface area contributed by atoms with Gasteiger partial charge in [-0.2, -0.15) is 0 Å². The van der Waals surface area contributed by atoms with Crippen LogP contribution in [0.2, 0.25) is 0 Å². The summed E-state index contributed by atoms with van der Waals surface area (Å²) in [6, 6.07) is -0.916. The first kappa shape index (κ1) is 25.3. The molecule has 0 radical (unpaired) electrons. The van der Waals surface area contributed by atoms with Crippen LogP contribution in [0.3, 0.4) is 0 Å². The van der Waals surface area contributed by atoms with Crippen LogP contribution in [-0.2, 0) is 23.7 Å².